The zero-order valence-electron chi connectivity index (χ0n) is 13.8. The molecule has 0 atom stereocenters. The second-order valence-electron chi connectivity index (χ2n) is 6.22. The van der Waals surface area contributed by atoms with Crippen LogP contribution in [-0.2, 0) is 21.7 Å². The van der Waals surface area contributed by atoms with Gasteiger partial charge in [-0.2, -0.15) is 13.2 Å². The molecule has 0 bridgehead atoms. The summed E-state index contributed by atoms with van der Waals surface area (Å²) in [5.74, 6) is 0. The molecule has 2 aromatic carbocycles. The molecule has 0 amide bonds. The molecule has 2 aromatic rings. The molecule has 0 spiro atoms. The summed E-state index contributed by atoms with van der Waals surface area (Å²) in [6.07, 6.45) is -4.61. The van der Waals surface area contributed by atoms with Crippen molar-refractivity contribution in [1.82, 2.24) is 4.72 Å². The molecule has 0 aliphatic rings. The molecule has 0 aliphatic heterocycles. The Bertz CT molecular complexity index is 893. The molecule has 0 fully saturated rings. The Balaban J connectivity index is 2.39. The Hall–Kier alpha value is -1.38. The first-order chi connectivity index (χ1) is 11.3. The van der Waals surface area contributed by atoms with Crippen LogP contribution in [0, 0.1) is 6.92 Å². The highest BCUT2D eigenvalue weighted by molar-refractivity contribution is 9.10. The van der Waals surface area contributed by atoms with Crippen molar-refractivity contribution in [2.45, 2.75) is 37.4 Å². The average molecular weight is 436 g/mol. The smallest absolute Gasteiger partial charge is 0.207 e. The van der Waals surface area contributed by atoms with E-state index in [1.807, 2.05) is 13.0 Å². The number of rotatable bonds is 4. The van der Waals surface area contributed by atoms with Crippen molar-refractivity contribution in [3.8, 4) is 0 Å². The van der Waals surface area contributed by atoms with Gasteiger partial charge in [0.15, 0.2) is 0 Å². The third-order valence-corrected chi connectivity index (χ3v) is 6.26. The number of hydrogen-bond acceptors (Lipinski definition) is 2. The van der Waals surface area contributed by atoms with Gasteiger partial charge in [-0.15, -0.1) is 0 Å². The lowest BCUT2D eigenvalue weighted by Gasteiger charge is -2.27. The first-order valence-electron chi connectivity index (χ1n) is 7.31. The Kier molecular flexibility index (Phi) is 5.37. The SMILES string of the molecule is Cc1ccc(C(C)(C)NS(=O)(=O)c2cccc(C(F)(F)F)c2)cc1Br. The molecule has 136 valence electrons. The van der Waals surface area contributed by atoms with Crippen molar-refractivity contribution < 1.29 is 21.6 Å². The second-order valence-corrected chi connectivity index (χ2v) is 8.76. The van der Waals surface area contributed by atoms with Crippen LogP contribution >= 0.6 is 15.9 Å². The fourth-order valence-corrected chi connectivity index (χ4v) is 4.10. The van der Waals surface area contributed by atoms with Crippen LogP contribution in [0.5, 0.6) is 0 Å². The second kappa shape index (κ2) is 6.74. The van der Waals surface area contributed by atoms with Crippen LogP contribution in [0.1, 0.15) is 30.5 Å². The van der Waals surface area contributed by atoms with Crippen molar-refractivity contribution in [3.05, 3.63) is 63.6 Å². The Labute approximate surface area is 153 Å². The van der Waals surface area contributed by atoms with E-state index in [0.717, 1.165) is 28.2 Å². The highest BCUT2D eigenvalue weighted by Gasteiger charge is 2.33. The van der Waals surface area contributed by atoms with Crippen LogP contribution in [0.4, 0.5) is 13.2 Å². The van der Waals surface area contributed by atoms with Gasteiger partial charge in [-0.1, -0.05) is 34.1 Å². The molecule has 0 aliphatic carbocycles. The largest absolute Gasteiger partial charge is 0.416 e. The normalized spacial score (nSPS) is 13.1. The van der Waals surface area contributed by atoms with E-state index in [0.29, 0.717) is 11.6 Å². The minimum Gasteiger partial charge on any atom is -0.207 e. The van der Waals surface area contributed by atoms with E-state index in [2.05, 4.69) is 20.7 Å². The van der Waals surface area contributed by atoms with Gasteiger partial charge < -0.3 is 0 Å². The summed E-state index contributed by atoms with van der Waals surface area (Å²) in [5.41, 5.74) is -0.351. The molecule has 0 saturated heterocycles. The first-order valence-corrected chi connectivity index (χ1v) is 9.58. The van der Waals surface area contributed by atoms with Crippen molar-refractivity contribution >= 4 is 26.0 Å². The van der Waals surface area contributed by atoms with E-state index in [1.165, 1.54) is 0 Å². The lowest BCUT2D eigenvalue weighted by Crippen LogP contribution is -2.41. The molecule has 0 radical (unpaired) electrons. The number of sulfonamides is 1. The number of halogens is 4. The third kappa shape index (κ3) is 4.62. The fourth-order valence-electron chi connectivity index (χ4n) is 2.27. The lowest BCUT2D eigenvalue weighted by atomic mass is 9.95. The molecule has 0 saturated carbocycles. The van der Waals surface area contributed by atoms with Crippen LogP contribution < -0.4 is 4.72 Å². The van der Waals surface area contributed by atoms with Crippen molar-refractivity contribution in [2.24, 2.45) is 0 Å². The quantitative estimate of drug-likeness (QED) is 0.734. The summed E-state index contributed by atoms with van der Waals surface area (Å²) in [6, 6.07) is 9.06. The average Bonchev–Trinajstić information content (AvgIpc) is 2.48. The van der Waals surface area contributed by atoms with Crippen LogP contribution in [0.15, 0.2) is 51.8 Å². The predicted molar refractivity (Wildman–Crippen MR) is 93.7 cm³/mol. The van der Waals surface area contributed by atoms with E-state index in [4.69, 9.17) is 0 Å². The van der Waals surface area contributed by atoms with Gasteiger partial charge in [0.25, 0.3) is 0 Å². The van der Waals surface area contributed by atoms with E-state index >= 15 is 0 Å². The van der Waals surface area contributed by atoms with Crippen LogP contribution in [-0.4, -0.2) is 8.42 Å². The van der Waals surface area contributed by atoms with E-state index in [-0.39, 0.29) is 0 Å². The van der Waals surface area contributed by atoms with Crippen molar-refractivity contribution in [2.75, 3.05) is 0 Å². The zero-order chi connectivity index (χ0) is 19.0. The first kappa shape index (κ1) is 19.9. The number of alkyl halides is 3. The molecule has 3 nitrogen and oxygen atoms in total. The van der Waals surface area contributed by atoms with Crippen LogP contribution in [0.3, 0.4) is 0 Å². The summed E-state index contributed by atoms with van der Waals surface area (Å²) in [5, 5.41) is 0. The summed E-state index contributed by atoms with van der Waals surface area (Å²) in [6.45, 7) is 5.19. The standard InChI is InChI=1S/C17H17BrF3NO2S/c1-11-7-8-12(10-15(11)18)16(2,3)22-25(23,24)14-6-4-5-13(9-14)17(19,20)21/h4-10,22H,1-3H3. The van der Waals surface area contributed by atoms with Gasteiger partial charge >= 0.3 is 6.18 Å². The van der Waals surface area contributed by atoms with Gasteiger partial charge in [-0.05, 0) is 56.2 Å². The van der Waals surface area contributed by atoms with Gasteiger partial charge in [0.2, 0.25) is 10.0 Å². The predicted octanol–water partition coefficient (Wildman–Crippen LogP) is 4.99. The highest BCUT2D eigenvalue weighted by atomic mass is 79.9. The minimum atomic E-state index is -4.61. The molecule has 2 rings (SSSR count). The molecule has 1 N–H and O–H groups in total. The molecule has 0 aromatic heterocycles. The minimum absolute atomic E-state index is 0.429. The Morgan fingerprint density at radius 3 is 2.20 bits per heavy atom. The monoisotopic (exact) mass is 435 g/mol. The molecular formula is C17H17BrF3NO2S. The zero-order valence-corrected chi connectivity index (χ0v) is 16.2. The van der Waals surface area contributed by atoms with Gasteiger partial charge in [0, 0.05) is 4.47 Å². The Morgan fingerprint density at radius 1 is 1.00 bits per heavy atom. The van der Waals surface area contributed by atoms with Crippen molar-refractivity contribution in [1.29, 1.82) is 0 Å². The van der Waals surface area contributed by atoms with Crippen LogP contribution in [0.2, 0.25) is 0 Å². The highest BCUT2D eigenvalue weighted by Crippen LogP contribution is 2.32. The topological polar surface area (TPSA) is 46.2 Å². The molecule has 25 heavy (non-hydrogen) atoms. The van der Waals surface area contributed by atoms with Gasteiger partial charge in [-0.25, -0.2) is 13.1 Å². The maximum Gasteiger partial charge on any atom is 0.416 e. The van der Waals surface area contributed by atoms with E-state index < -0.39 is 32.2 Å². The molecular weight excluding hydrogens is 419 g/mol. The molecule has 8 heteroatoms. The maximum atomic E-state index is 12.8. The van der Waals surface area contributed by atoms with Crippen molar-refractivity contribution in [3.63, 3.8) is 0 Å². The fraction of sp³-hybridized carbons (Fsp3) is 0.294. The van der Waals surface area contributed by atoms with Gasteiger partial charge in [-0.3, -0.25) is 0 Å². The lowest BCUT2D eigenvalue weighted by molar-refractivity contribution is -0.137. The summed E-state index contributed by atoms with van der Waals surface area (Å²) in [4.78, 5) is -0.429. The van der Waals surface area contributed by atoms with Crippen LogP contribution in [0.25, 0.3) is 0 Å². The maximum absolute atomic E-state index is 12.8. The molecule has 0 unspecified atom stereocenters. The summed E-state index contributed by atoms with van der Waals surface area (Å²) >= 11 is 3.39. The van der Waals surface area contributed by atoms with Gasteiger partial charge in [0.1, 0.15) is 0 Å². The number of hydrogen-bond donors (Lipinski definition) is 1. The van der Waals surface area contributed by atoms with E-state index in [9.17, 15) is 21.6 Å². The molecule has 0 heterocycles. The van der Waals surface area contributed by atoms with Gasteiger partial charge in [0.05, 0.1) is 16.0 Å². The Morgan fingerprint density at radius 2 is 1.64 bits per heavy atom. The number of nitrogens with one attached hydrogen (secondary N) is 1. The van der Waals surface area contributed by atoms with E-state index in [1.54, 1.807) is 26.0 Å². The third-order valence-electron chi connectivity index (χ3n) is 3.75. The summed E-state index contributed by atoms with van der Waals surface area (Å²) < 4.78 is 66.9. The summed E-state index contributed by atoms with van der Waals surface area (Å²) in [7, 11) is -4.14. The number of benzene rings is 2. The number of aryl methyl sites for hydroxylation is 1.